The van der Waals surface area contributed by atoms with E-state index in [1.54, 1.807) is 0 Å². The molecule has 0 N–H and O–H groups in total. The molecule has 2 heteroatoms. The summed E-state index contributed by atoms with van der Waals surface area (Å²) in [5, 5.41) is 1.19. The summed E-state index contributed by atoms with van der Waals surface area (Å²) >= 11 is 0. The summed E-state index contributed by atoms with van der Waals surface area (Å²) in [7, 11) is 0. The van der Waals surface area contributed by atoms with Gasteiger partial charge in [-0.3, -0.25) is 0 Å². The van der Waals surface area contributed by atoms with Crippen molar-refractivity contribution in [1.29, 1.82) is 0 Å². The molecule has 0 bridgehead atoms. The highest BCUT2D eigenvalue weighted by Gasteiger charge is 2.16. The van der Waals surface area contributed by atoms with E-state index in [4.69, 9.17) is 0 Å². The lowest BCUT2D eigenvalue weighted by Gasteiger charge is -2.20. The Morgan fingerprint density at radius 3 is 2.14 bits per heavy atom. The molecule has 0 unspecified atom stereocenters. The molecule has 3 aromatic rings. The Labute approximate surface area is 126 Å². The van der Waals surface area contributed by atoms with Gasteiger partial charge in [0.2, 0.25) is 0 Å². The van der Waals surface area contributed by atoms with Crippen molar-refractivity contribution in [2.45, 2.75) is 39.5 Å². The molecule has 0 saturated heterocycles. The minimum Gasteiger partial charge on any atom is -0.301 e. The molecule has 2 heterocycles. The average Bonchev–Trinajstić information content (AvgIpc) is 2.90. The highest BCUT2D eigenvalue weighted by molar-refractivity contribution is 5.78. The van der Waals surface area contributed by atoms with Gasteiger partial charge in [0.25, 0.3) is 0 Å². The Morgan fingerprint density at radius 2 is 1.52 bits per heavy atom. The quantitative estimate of drug-likeness (QED) is 0.638. The Bertz CT molecular complexity index is 740. The van der Waals surface area contributed by atoms with Gasteiger partial charge in [0.1, 0.15) is 5.65 Å². The SMILES string of the molecule is CC(C)c1cccc(C(C)C)c1-n1ccc2cccnc21. The second kappa shape index (κ2) is 5.36. The molecule has 0 saturated carbocycles. The molecule has 0 aliphatic carbocycles. The van der Waals surface area contributed by atoms with E-state index in [2.05, 4.69) is 73.8 Å². The van der Waals surface area contributed by atoms with E-state index in [-0.39, 0.29) is 0 Å². The fraction of sp³-hybridized carbons (Fsp3) is 0.316. The molecule has 0 aliphatic rings. The zero-order valence-electron chi connectivity index (χ0n) is 13.2. The van der Waals surface area contributed by atoms with Crippen LogP contribution in [-0.4, -0.2) is 9.55 Å². The van der Waals surface area contributed by atoms with E-state index >= 15 is 0 Å². The van der Waals surface area contributed by atoms with Crippen molar-refractivity contribution in [2.24, 2.45) is 0 Å². The molecule has 108 valence electrons. The number of fused-ring (bicyclic) bond motifs is 1. The predicted molar refractivity (Wildman–Crippen MR) is 89.2 cm³/mol. The van der Waals surface area contributed by atoms with Crippen LogP contribution in [-0.2, 0) is 0 Å². The highest BCUT2D eigenvalue weighted by Crippen LogP contribution is 2.32. The summed E-state index contributed by atoms with van der Waals surface area (Å²) < 4.78 is 2.25. The van der Waals surface area contributed by atoms with E-state index in [1.807, 2.05) is 12.3 Å². The maximum Gasteiger partial charge on any atom is 0.144 e. The Kier molecular flexibility index (Phi) is 3.54. The molecular weight excluding hydrogens is 256 g/mol. The van der Waals surface area contributed by atoms with Gasteiger partial charge < -0.3 is 4.57 Å². The number of rotatable bonds is 3. The van der Waals surface area contributed by atoms with Gasteiger partial charge in [-0.15, -0.1) is 0 Å². The van der Waals surface area contributed by atoms with Gasteiger partial charge >= 0.3 is 0 Å². The van der Waals surface area contributed by atoms with Crippen molar-refractivity contribution in [3.05, 3.63) is 59.9 Å². The fourth-order valence-electron chi connectivity index (χ4n) is 2.94. The monoisotopic (exact) mass is 278 g/mol. The van der Waals surface area contributed by atoms with Gasteiger partial charge in [0, 0.05) is 17.8 Å². The summed E-state index contributed by atoms with van der Waals surface area (Å²) in [6, 6.07) is 12.9. The predicted octanol–water partition coefficient (Wildman–Crippen LogP) is 5.27. The van der Waals surface area contributed by atoms with Crippen molar-refractivity contribution in [3.8, 4) is 5.69 Å². The molecule has 2 nitrogen and oxygen atoms in total. The normalized spacial score (nSPS) is 11.7. The Morgan fingerprint density at radius 1 is 0.857 bits per heavy atom. The largest absolute Gasteiger partial charge is 0.301 e. The molecule has 21 heavy (non-hydrogen) atoms. The van der Waals surface area contributed by atoms with Crippen LogP contribution in [0, 0.1) is 0 Å². The lowest BCUT2D eigenvalue weighted by molar-refractivity contribution is 0.809. The van der Waals surface area contributed by atoms with Crippen LogP contribution < -0.4 is 0 Å². The number of para-hydroxylation sites is 1. The smallest absolute Gasteiger partial charge is 0.144 e. The minimum atomic E-state index is 0.486. The number of aromatic nitrogens is 2. The van der Waals surface area contributed by atoms with Crippen molar-refractivity contribution < 1.29 is 0 Å². The topological polar surface area (TPSA) is 17.8 Å². The Balaban J connectivity index is 2.35. The van der Waals surface area contributed by atoms with E-state index in [0.717, 1.165) is 5.65 Å². The van der Waals surface area contributed by atoms with Crippen LogP contribution >= 0.6 is 0 Å². The van der Waals surface area contributed by atoms with Crippen LogP contribution in [0.25, 0.3) is 16.7 Å². The van der Waals surface area contributed by atoms with Gasteiger partial charge in [-0.1, -0.05) is 45.9 Å². The van der Waals surface area contributed by atoms with Crippen LogP contribution in [0.15, 0.2) is 48.8 Å². The molecular formula is C19H22N2. The third kappa shape index (κ3) is 2.35. The average molecular weight is 278 g/mol. The summed E-state index contributed by atoms with van der Waals surface area (Å²) in [6.45, 7) is 9.01. The summed E-state index contributed by atoms with van der Waals surface area (Å²) in [5.74, 6) is 0.972. The van der Waals surface area contributed by atoms with Crippen LogP contribution in [0.3, 0.4) is 0 Å². The second-order valence-corrected chi connectivity index (χ2v) is 6.20. The summed E-state index contributed by atoms with van der Waals surface area (Å²) in [4.78, 5) is 4.58. The van der Waals surface area contributed by atoms with Crippen molar-refractivity contribution in [1.82, 2.24) is 9.55 Å². The number of hydrogen-bond acceptors (Lipinski definition) is 1. The molecule has 0 aliphatic heterocycles. The van der Waals surface area contributed by atoms with Gasteiger partial charge in [-0.25, -0.2) is 4.98 Å². The van der Waals surface area contributed by atoms with Crippen molar-refractivity contribution in [3.63, 3.8) is 0 Å². The first kappa shape index (κ1) is 13.9. The van der Waals surface area contributed by atoms with E-state index < -0.39 is 0 Å². The van der Waals surface area contributed by atoms with Crippen molar-refractivity contribution in [2.75, 3.05) is 0 Å². The number of hydrogen-bond donors (Lipinski definition) is 0. The molecule has 0 atom stereocenters. The minimum absolute atomic E-state index is 0.486. The zero-order valence-corrected chi connectivity index (χ0v) is 13.2. The lowest BCUT2D eigenvalue weighted by Crippen LogP contribution is -2.06. The van der Waals surface area contributed by atoms with Gasteiger partial charge in [0.15, 0.2) is 0 Å². The third-order valence-electron chi connectivity index (χ3n) is 4.03. The Hall–Kier alpha value is -2.09. The standard InChI is InChI=1S/C19H22N2/c1-13(2)16-8-5-9-17(14(3)4)18(16)21-12-10-15-7-6-11-20-19(15)21/h5-14H,1-4H3. The first-order chi connectivity index (χ1) is 10.1. The molecule has 0 spiro atoms. The fourth-order valence-corrected chi connectivity index (χ4v) is 2.94. The highest BCUT2D eigenvalue weighted by atomic mass is 15.0. The number of benzene rings is 1. The first-order valence-corrected chi connectivity index (χ1v) is 7.65. The lowest BCUT2D eigenvalue weighted by atomic mass is 9.92. The van der Waals surface area contributed by atoms with E-state index in [1.165, 1.54) is 22.2 Å². The molecule has 1 aromatic carbocycles. The number of pyridine rings is 1. The van der Waals surface area contributed by atoms with Gasteiger partial charge in [-0.2, -0.15) is 0 Å². The van der Waals surface area contributed by atoms with E-state index in [0.29, 0.717) is 11.8 Å². The van der Waals surface area contributed by atoms with Gasteiger partial charge in [-0.05, 0) is 41.2 Å². The molecule has 2 aromatic heterocycles. The summed E-state index contributed by atoms with van der Waals surface area (Å²) in [5.41, 5.74) is 5.09. The van der Waals surface area contributed by atoms with Gasteiger partial charge in [0.05, 0.1) is 5.69 Å². The third-order valence-corrected chi connectivity index (χ3v) is 4.03. The van der Waals surface area contributed by atoms with Crippen LogP contribution in [0.4, 0.5) is 0 Å². The zero-order chi connectivity index (χ0) is 15.0. The first-order valence-electron chi connectivity index (χ1n) is 7.65. The number of nitrogens with zero attached hydrogens (tertiary/aromatic N) is 2. The molecule has 0 radical (unpaired) electrons. The van der Waals surface area contributed by atoms with Crippen LogP contribution in [0.5, 0.6) is 0 Å². The summed E-state index contributed by atoms with van der Waals surface area (Å²) in [6.07, 6.45) is 4.01. The van der Waals surface area contributed by atoms with Crippen LogP contribution in [0.1, 0.15) is 50.7 Å². The van der Waals surface area contributed by atoms with E-state index in [9.17, 15) is 0 Å². The molecule has 3 rings (SSSR count). The maximum absolute atomic E-state index is 4.58. The van der Waals surface area contributed by atoms with Crippen LogP contribution in [0.2, 0.25) is 0 Å². The maximum atomic E-state index is 4.58. The second-order valence-electron chi connectivity index (χ2n) is 6.20. The van der Waals surface area contributed by atoms with Crippen molar-refractivity contribution >= 4 is 11.0 Å². The molecule has 0 amide bonds. The molecule has 0 fully saturated rings.